The highest BCUT2D eigenvalue weighted by Crippen LogP contribution is 2.41. The van der Waals surface area contributed by atoms with E-state index in [1.54, 1.807) is 0 Å². The molecular weight excluding hydrogens is 526 g/mol. The smallest absolute Gasteiger partial charge is 0.164 e. The minimum atomic E-state index is 0.614. The Labute approximate surface area is 246 Å². The van der Waals surface area contributed by atoms with Crippen molar-refractivity contribution in [3.05, 3.63) is 140 Å². The van der Waals surface area contributed by atoms with Crippen LogP contribution in [0.5, 0.6) is 0 Å². The predicted molar refractivity (Wildman–Crippen MR) is 176 cm³/mol. The maximum Gasteiger partial charge on any atom is 0.164 e. The van der Waals surface area contributed by atoms with Gasteiger partial charge in [-0.25, -0.2) is 15.0 Å². The monoisotopic (exact) mass is 549 g/mol. The van der Waals surface area contributed by atoms with Crippen LogP contribution in [-0.4, -0.2) is 15.0 Å². The van der Waals surface area contributed by atoms with Gasteiger partial charge < -0.3 is 4.42 Å². The van der Waals surface area contributed by atoms with Crippen LogP contribution in [0.1, 0.15) is 0 Å². The van der Waals surface area contributed by atoms with Gasteiger partial charge in [-0.3, -0.25) is 0 Å². The van der Waals surface area contributed by atoms with Crippen molar-refractivity contribution in [3.63, 3.8) is 0 Å². The van der Waals surface area contributed by atoms with Crippen LogP contribution in [0.15, 0.2) is 144 Å². The van der Waals surface area contributed by atoms with Gasteiger partial charge >= 0.3 is 0 Å². The number of fused-ring (bicyclic) bond motifs is 8. The standard InChI is InChI=1S/C39H23N3O/c1-2-11-27(12-3-1)37-40-38(29-20-17-24-9-4-5-13-28(24)23-29)42-39(41-37)32-15-8-16-33-35(32)31-22-21-26-19-18-25-10-6-7-14-30(25)34(26)36(31)43-33/h1-23H. The molecule has 4 nitrogen and oxygen atoms in total. The minimum Gasteiger partial charge on any atom is -0.455 e. The van der Waals surface area contributed by atoms with Gasteiger partial charge in [0.05, 0.1) is 0 Å². The number of benzene rings is 7. The highest BCUT2D eigenvalue weighted by molar-refractivity contribution is 6.24. The van der Waals surface area contributed by atoms with Crippen molar-refractivity contribution in [2.75, 3.05) is 0 Å². The third-order valence-corrected chi connectivity index (χ3v) is 8.29. The third-order valence-electron chi connectivity index (χ3n) is 8.29. The highest BCUT2D eigenvalue weighted by Gasteiger charge is 2.19. The highest BCUT2D eigenvalue weighted by atomic mass is 16.3. The van der Waals surface area contributed by atoms with E-state index in [2.05, 4.69) is 97.1 Å². The fourth-order valence-corrected chi connectivity index (χ4v) is 6.23. The molecule has 0 saturated heterocycles. The first-order valence-electron chi connectivity index (χ1n) is 14.4. The van der Waals surface area contributed by atoms with E-state index in [1.807, 2.05) is 42.5 Å². The van der Waals surface area contributed by atoms with E-state index in [0.717, 1.165) is 54.8 Å². The first kappa shape index (κ1) is 23.8. The van der Waals surface area contributed by atoms with E-state index in [1.165, 1.54) is 16.2 Å². The van der Waals surface area contributed by atoms with Crippen molar-refractivity contribution in [3.8, 4) is 34.2 Å². The van der Waals surface area contributed by atoms with Crippen molar-refractivity contribution in [1.29, 1.82) is 0 Å². The van der Waals surface area contributed by atoms with Crippen LogP contribution in [0.3, 0.4) is 0 Å². The molecular formula is C39H23N3O. The summed E-state index contributed by atoms with van der Waals surface area (Å²) >= 11 is 0. The Kier molecular flexibility index (Phi) is 5.16. The van der Waals surface area contributed by atoms with Gasteiger partial charge in [0, 0.05) is 32.8 Å². The normalized spacial score (nSPS) is 11.7. The van der Waals surface area contributed by atoms with Crippen molar-refractivity contribution in [2.24, 2.45) is 0 Å². The maximum absolute atomic E-state index is 6.64. The second-order valence-corrected chi connectivity index (χ2v) is 10.8. The van der Waals surface area contributed by atoms with Gasteiger partial charge in [-0.2, -0.15) is 0 Å². The molecule has 0 aliphatic rings. The zero-order valence-corrected chi connectivity index (χ0v) is 23.0. The van der Waals surface area contributed by atoms with Crippen LogP contribution < -0.4 is 0 Å². The van der Waals surface area contributed by atoms with Gasteiger partial charge in [0.25, 0.3) is 0 Å². The molecule has 0 amide bonds. The Morgan fingerprint density at radius 2 is 1.07 bits per heavy atom. The Morgan fingerprint density at radius 3 is 1.95 bits per heavy atom. The summed E-state index contributed by atoms with van der Waals surface area (Å²) < 4.78 is 6.64. The lowest BCUT2D eigenvalue weighted by Crippen LogP contribution is -2.00. The molecule has 200 valence electrons. The van der Waals surface area contributed by atoms with Crippen molar-refractivity contribution < 1.29 is 4.42 Å². The number of hydrogen-bond donors (Lipinski definition) is 0. The SMILES string of the molecule is c1ccc(-c2nc(-c3ccc4ccccc4c3)nc(-c3cccc4oc5c(ccc6ccc7ccccc7c65)c34)n2)cc1. The Morgan fingerprint density at radius 1 is 0.395 bits per heavy atom. The maximum atomic E-state index is 6.64. The first-order chi connectivity index (χ1) is 21.3. The number of nitrogens with zero attached hydrogens (tertiary/aromatic N) is 3. The summed E-state index contributed by atoms with van der Waals surface area (Å²) in [6, 6.07) is 48.0. The molecule has 0 radical (unpaired) electrons. The lowest BCUT2D eigenvalue weighted by molar-refractivity contribution is 0.673. The molecule has 2 heterocycles. The second-order valence-electron chi connectivity index (χ2n) is 10.8. The lowest BCUT2D eigenvalue weighted by atomic mass is 9.98. The van der Waals surface area contributed by atoms with Gasteiger partial charge in [-0.1, -0.05) is 121 Å². The molecule has 0 atom stereocenters. The Bertz CT molecular complexity index is 2510. The molecule has 2 aromatic heterocycles. The second kappa shape index (κ2) is 9.33. The summed E-state index contributed by atoms with van der Waals surface area (Å²) in [5.41, 5.74) is 4.49. The zero-order valence-electron chi connectivity index (χ0n) is 23.0. The summed E-state index contributed by atoms with van der Waals surface area (Å²) in [6.07, 6.45) is 0. The zero-order chi connectivity index (χ0) is 28.3. The quantitative estimate of drug-likeness (QED) is 0.206. The third kappa shape index (κ3) is 3.81. The van der Waals surface area contributed by atoms with Crippen molar-refractivity contribution >= 4 is 54.3 Å². The molecule has 0 aliphatic carbocycles. The van der Waals surface area contributed by atoms with E-state index in [0.29, 0.717) is 17.5 Å². The molecule has 0 unspecified atom stereocenters. The van der Waals surface area contributed by atoms with Gasteiger partial charge in [0.15, 0.2) is 17.5 Å². The number of hydrogen-bond acceptors (Lipinski definition) is 4. The van der Waals surface area contributed by atoms with Crippen molar-refractivity contribution in [1.82, 2.24) is 15.0 Å². The fourth-order valence-electron chi connectivity index (χ4n) is 6.23. The lowest BCUT2D eigenvalue weighted by Gasteiger charge is -2.10. The molecule has 43 heavy (non-hydrogen) atoms. The predicted octanol–water partition coefficient (Wildman–Crippen LogP) is 10.2. The molecule has 7 aromatic carbocycles. The number of furan rings is 1. The molecule has 9 rings (SSSR count). The van der Waals surface area contributed by atoms with Gasteiger partial charge in [-0.05, 0) is 45.1 Å². The first-order valence-corrected chi connectivity index (χ1v) is 14.4. The van der Waals surface area contributed by atoms with E-state index in [9.17, 15) is 0 Å². The molecule has 0 aliphatic heterocycles. The average molecular weight is 550 g/mol. The summed E-state index contributed by atoms with van der Waals surface area (Å²) in [4.78, 5) is 15.1. The fraction of sp³-hybridized carbons (Fsp3) is 0. The van der Waals surface area contributed by atoms with E-state index < -0.39 is 0 Å². The van der Waals surface area contributed by atoms with Gasteiger partial charge in [0.2, 0.25) is 0 Å². The summed E-state index contributed by atoms with van der Waals surface area (Å²) in [7, 11) is 0. The minimum absolute atomic E-state index is 0.614. The van der Waals surface area contributed by atoms with Crippen LogP contribution in [0, 0.1) is 0 Å². The topological polar surface area (TPSA) is 51.8 Å². The summed E-state index contributed by atoms with van der Waals surface area (Å²) in [6.45, 7) is 0. The molecule has 9 aromatic rings. The average Bonchev–Trinajstić information content (AvgIpc) is 3.47. The summed E-state index contributed by atoms with van der Waals surface area (Å²) in [5, 5.41) is 9.01. The Balaban J connectivity index is 1.33. The largest absolute Gasteiger partial charge is 0.455 e. The van der Waals surface area contributed by atoms with E-state index in [-0.39, 0.29) is 0 Å². The molecule has 0 saturated carbocycles. The molecule has 0 spiro atoms. The Hall–Kier alpha value is -5.87. The van der Waals surface area contributed by atoms with E-state index in [4.69, 9.17) is 19.4 Å². The van der Waals surface area contributed by atoms with E-state index >= 15 is 0 Å². The molecule has 0 N–H and O–H groups in total. The summed E-state index contributed by atoms with van der Waals surface area (Å²) in [5.74, 6) is 1.88. The number of rotatable bonds is 3. The van der Waals surface area contributed by atoms with Crippen LogP contribution >= 0.6 is 0 Å². The molecule has 0 bridgehead atoms. The van der Waals surface area contributed by atoms with Crippen LogP contribution in [0.2, 0.25) is 0 Å². The van der Waals surface area contributed by atoms with Crippen LogP contribution in [-0.2, 0) is 0 Å². The van der Waals surface area contributed by atoms with Gasteiger partial charge in [0.1, 0.15) is 11.2 Å². The molecule has 0 fully saturated rings. The van der Waals surface area contributed by atoms with Crippen LogP contribution in [0.25, 0.3) is 88.4 Å². The van der Waals surface area contributed by atoms with Gasteiger partial charge in [-0.15, -0.1) is 0 Å². The molecule has 4 heteroatoms. The number of aromatic nitrogens is 3. The van der Waals surface area contributed by atoms with Crippen molar-refractivity contribution in [2.45, 2.75) is 0 Å². The van der Waals surface area contributed by atoms with Crippen LogP contribution in [0.4, 0.5) is 0 Å².